The number of nitrogens with one attached hydrogen (secondary N) is 1. The lowest BCUT2D eigenvalue weighted by molar-refractivity contribution is -0.137. The van der Waals surface area contributed by atoms with Crippen molar-refractivity contribution < 1.29 is 13.2 Å². The molecule has 0 aliphatic carbocycles. The Labute approximate surface area is 137 Å². The summed E-state index contributed by atoms with van der Waals surface area (Å²) in [6.07, 6.45) is -2.53. The van der Waals surface area contributed by atoms with E-state index in [-0.39, 0.29) is 11.7 Å². The number of alkyl halides is 3. The lowest BCUT2D eigenvalue weighted by Gasteiger charge is -2.16. The van der Waals surface area contributed by atoms with Crippen molar-refractivity contribution >= 4 is 22.6 Å². The summed E-state index contributed by atoms with van der Waals surface area (Å²) in [5.41, 5.74) is 0.658. The second-order valence-electron chi connectivity index (χ2n) is 4.95. The maximum atomic E-state index is 12.7. The molecular formula is C17H17F3N2S. The van der Waals surface area contributed by atoms with Crippen LogP contribution in [0.25, 0.3) is 0 Å². The standard InChI is InChI=1S/C17H17F3N2S/c1-12(13-7-4-3-5-8-13)21-16(23-2)22-15-10-6-9-14(11-15)17(18,19)20/h3-12H,1-2H3,(H,21,22)/t12-/m0/s1. The van der Waals surface area contributed by atoms with Gasteiger partial charge in [0.05, 0.1) is 17.3 Å². The molecule has 0 saturated carbocycles. The first-order valence-electron chi connectivity index (χ1n) is 7.01. The fourth-order valence-corrected chi connectivity index (χ4v) is 2.51. The van der Waals surface area contributed by atoms with E-state index in [4.69, 9.17) is 0 Å². The first kappa shape index (κ1) is 17.4. The number of benzene rings is 2. The molecular weight excluding hydrogens is 321 g/mol. The highest BCUT2D eigenvalue weighted by Gasteiger charge is 2.30. The highest BCUT2D eigenvalue weighted by atomic mass is 32.2. The number of halogens is 3. The van der Waals surface area contributed by atoms with Crippen LogP contribution in [-0.4, -0.2) is 11.4 Å². The van der Waals surface area contributed by atoms with Crippen LogP contribution in [-0.2, 0) is 6.18 Å². The molecule has 2 nitrogen and oxygen atoms in total. The van der Waals surface area contributed by atoms with Crippen molar-refractivity contribution in [2.45, 2.75) is 19.1 Å². The maximum Gasteiger partial charge on any atom is 0.416 e. The van der Waals surface area contributed by atoms with Crippen LogP contribution >= 0.6 is 11.8 Å². The van der Waals surface area contributed by atoms with E-state index < -0.39 is 11.7 Å². The molecule has 122 valence electrons. The number of thioether (sulfide) groups is 1. The van der Waals surface area contributed by atoms with Crippen molar-refractivity contribution in [1.82, 2.24) is 5.32 Å². The minimum Gasteiger partial charge on any atom is -0.358 e. The van der Waals surface area contributed by atoms with Gasteiger partial charge in [-0.3, -0.25) is 0 Å². The third-order valence-electron chi connectivity index (χ3n) is 3.24. The molecule has 2 aromatic carbocycles. The minimum absolute atomic E-state index is 0.00759. The van der Waals surface area contributed by atoms with Gasteiger partial charge in [-0.15, -0.1) is 0 Å². The minimum atomic E-state index is -4.37. The van der Waals surface area contributed by atoms with Gasteiger partial charge in [-0.2, -0.15) is 13.2 Å². The van der Waals surface area contributed by atoms with Gasteiger partial charge < -0.3 is 5.32 Å². The Morgan fingerprint density at radius 1 is 1.09 bits per heavy atom. The Bertz CT molecular complexity index is 669. The molecule has 0 heterocycles. The Morgan fingerprint density at radius 3 is 2.39 bits per heavy atom. The zero-order valence-electron chi connectivity index (χ0n) is 12.8. The summed E-state index contributed by atoms with van der Waals surface area (Å²) in [5, 5.41) is 3.79. The second-order valence-corrected chi connectivity index (χ2v) is 5.74. The van der Waals surface area contributed by atoms with Gasteiger partial charge in [-0.1, -0.05) is 48.2 Å². The van der Waals surface area contributed by atoms with Gasteiger partial charge in [-0.25, -0.2) is 4.99 Å². The number of hydrogen-bond donors (Lipinski definition) is 1. The summed E-state index contributed by atoms with van der Waals surface area (Å²) in [7, 11) is 0. The lowest BCUT2D eigenvalue weighted by atomic mass is 10.1. The normalized spacial score (nSPS) is 13.7. The molecule has 0 amide bonds. The smallest absolute Gasteiger partial charge is 0.358 e. The second kappa shape index (κ2) is 7.55. The monoisotopic (exact) mass is 338 g/mol. The van der Waals surface area contributed by atoms with Crippen LogP contribution in [0, 0.1) is 0 Å². The molecule has 0 bridgehead atoms. The molecule has 0 aliphatic rings. The molecule has 1 N–H and O–H groups in total. The maximum absolute atomic E-state index is 12.7. The number of hydrogen-bond acceptors (Lipinski definition) is 2. The van der Waals surface area contributed by atoms with Crippen LogP contribution in [0.1, 0.15) is 24.1 Å². The predicted molar refractivity (Wildman–Crippen MR) is 90.0 cm³/mol. The molecule has 0 radical (unpaired) electrons. The van der Waals surface area contributed by atoms with Crippen molar-refractivity contribution in [2.75, 3.05) is 6.26 Å². The lowest BCUT2D eigenvalue weighted by Crippen LogP contribution is -2.23. The van der Waals surface area contributed by atoms with Gasteiger partial charge in [0.2, 0.25) is 0 Å². The van der Waals surface area contributed by atoms with E-state index >= 15 is 0 Å². The Kier molecular flexibility index (Phi) is 5.71. The average Bonchev–Trinajstić information content (AvgIpc) is 2.54. The van der Waals surface area contributed by atoms with Crippen molar-refractivity contribution in [3.63, 3.8) is 0 Å². The van der Waals surface area contributed by atoms with Crippen LogP contribution in [0.4, 0.5) is 18.9 Å². The third kappa shape index (κ3) is 5.03. The van der Waals surface area contributed by atoms with E-state index in [1.54, 1.807) is 6.07 Å². The molecule has 23 heavy (non-hydrogen) atoms. The third-order valence-corrected chi connectivity index (χ3v) is 3.83. The number of rotatable bonds is 3. The largest absolute Gasteiger partial charge is 0.416 e. The summed E-state index contributed by atoms with van der Waals surface area (Å²) in [4.78, 5) is 4.29. The van der Waals surface area contributed by atoms with Crippen molar-refractivity contribution in [1.29, 1.82) is 0 Å². The summed E-state index contributed by atoms with van der Waals surface area (Å²) in [6, 6.07) is 14.8. The van der Waals surface area contributed by atoms with Crippen molar-refractivity contribution in [2.24, 2.45) is 4.99 Å². The fraction of sp³-hybridized carbons (Fsp3) is 0.235. The Hall–Kier alpha value is -1.95. The van der Waals surface area contributed by atoms with Gasteiger partial charge in [0.1, 0.15) is 0 Å². The van der Waals surface area contributed by atoms with Crippen LogP contribution in [0.5, 0.6) is 0 Å². The van der Waals surface area contributed by atoms with Gasteiger partial charge in [0, 0.05) is 0 Å². The van der Waals surface area contributed by atoms with Gasteiger partial charge >= 0.3 is 6.18 Å². The van der Waals surface area contributed by atoms with E-state index in [1.165, 1.54) is 17.8 Å². The molecule has 2 aromatic rings. The topological polar surface area (TPSA) is 24.4 Å². The average molecular weight is 338 g/mol. The highest BCUT2D eigenvalue weighted by Crippen LogP contribution is 2.31. The molecule has 0 aliphatic heterocycles. The SMILES string of the molecule is CSC(=Nc1cccc(C(F)(F)F)c1)N[C@@H](C)c1ccccc1. The summed E-state index contributed by atoms with van der Waals surface area (Å²) < 4.78 is 38.2. The molecule has 6 heteroatoms. The highest BCUT2D eigenvalue weighted by molar-refractivity contribution is 8.13. The Morgan fingerprint density at radius 2 is 1.78 bits per heavy atom. The fourth-order valence-electron chi connectivity index (χ4n) is 2.02. The number of aliphatic imine (C=N–C) groups is 1. The van der Waals surface area contributed by atoms with Crippen LogP contribution in [0.15, 0.2) is 59.6 Å². The molecule has 0 spiro atoms. The number of nitrogens with zero attached hydrogens (tertiary/aromatic N) is 1. The van der Waals surface area contributed by atoms with Gasteiger partial charge in [0.25, 0.3) is 0 Å². The molecule has 1 atom stereocenters. The zero-order chi connectivity index (χ0) is 16.9. The molecule has 0 fully saturated rings. The summed E-state index contributed by atoms with van der Waals surface area (Å²) >= 11 is 1.36. The van der Waals surface area contributed by atoms with E-state index in [9.17, 15) is 13.2 Å². The molecule has 0 aromatic heterocycles. The van der Waals surface area contributed by atoms with Gasteiger partial charge in [-0.05, 0) is 36.9 Å². The Balaban J connectivity index is 2.19. The molecule has 2 rings (SSSR count). The zero-order valence-corrected chi connectivity index (χ0v) is 13.6. The van der Waals surface area contributed by atoms with Crippen LogP contribution < -0.4 is 5.32 Å². The van der Waals surface area contributed by atoms with E-state index in [1.807, 2.05) is 43.5 Å². The first-order chi connectivity index (χ1) is 10.9. The van der Waals surface area contributed by atoms with Gasteiger partial charge in [0.15, 0.2) is 5.17 Å². The van der Waals surface area contributed by atoms with Crippen molar-refractivity contribution in [3.8, 4) is 0 Å². The quantitative estimate of drug-likeness (QED) is 0.598. The van der Waals surface area contributed by atoms with E-state index in [2.05, 4.69) is 10.3 Å². The summed E-state index contributed by atoms with van der Waals surface area (Å²) in [5.74, 6) is 0. The predicted octanol–water partition coefficient (Wildman–Crippen LogP) is 5.41. The van der Waals surface area contributed by atoms with E-state index in [0.717, 1.165) is 17.7 Å². The molecule has 0 unspecified atom stereocenters. The van der Waals surface area contributed by atoms with Crippen molar-refractivity contribution in [3.05, 3.63) is 65.7 Å². The first-order valence-corrected chi connectivity index (χ1v) is 8.24. The summed E-state index contributed by atoms with van der Waals surface area (Å²) in [6.45, 7) is 1.98. The van der Waals surface area contributed by atoms with Crippen LogP contribution in [0.3, 0.4) is 0 Å². The van der Waals surface area contributed by atoms with E-state index in [0.29, 0.717) is 5.17 Å². The molecule has 0 saturated heterocycles. The number of amidine groups is 1. The van der Waals surface area contributed by atoms with Crippen LogP contribution in [0.2, 0.25) is 0 Å².